The first-order chi connectivity index (χ1) is 13.7. The zero-order chi connectivity index (χ0) is 19.3. The van der Waals surface area contributed by atoms with Crippen molar-refractivity contribution in [1.82, 2.24) is 4.98 Å². The Bertz CT molecular complexity index is 972. The fourth-order valence-electron chi connectivity index (χ4n) is 2.73. The van der Waals surface area contributed by atoms with E-state index in [0.717, 1.165) is 11.4 Å². The van der Waals surface area contributed by atoms with Crippen molar-refractivity contribution in [2.45, 2.75) is 6.92 Å². The van der Waals surface area contributed by atoms with Crippen LogP contribution in [0.3, 0.4) is 0 Å². The summed E-state index contributed by atoms with van der Waals surface area (Å²) in [7, 11) is 0. The molecule has 1 aliphatic heterocycles. The monoisotopic (exact) mass is 377 g/mol. The van der Waals surface area contributed by atoms with E-state index in [0.29, 0.717) is 35.2 Å². The molecule has 0 bridgehead atoms. The molecule has 0 fully saturated rings. The molecule has 2 aromatic carbocycles. The Hall–Kier alpha value is -3.74. The maximum Gasteiger partial charge on any atom is 0.255 e. The van der Waals surface area contributed by atoms with Gasteiger partial charge in [0.2, 0.25) is 6.79 Å². The molecule has 0 saturated heterocycles. The lowest BCUT2D eigenvalue weighted by atomic mass is 10.2. The molecule has 0 atom stereocenters. The van der Waals surface area contributed by atoms with Gasteiger partial charge in [-0.2, -0.15) is 0 Å². The molecule has 1 aliphatic rings. The van der Waals surface area contributed by atoms with E-state index in [2.05, 4.69) is 15.6 Å². The Kier molecular flexibility index (Phi) is 4.97. The number of hydrogen-bond donors (Lipinski definition) is 2. The fraction of sp³-hybridized carbons (Fsp3) is 0.143. The summed E-state index contributed by atoms with van der Waals surface area (Å²) >= 11 is 0. The van der Waals surface area contributed by atoms with Crippen molar-refractivity contribution in [1.29, 1.82) is 0 Å². The summed E-state index contributed by atoms with van der Waals surface area (Å²) in [6, 6.07) is 16.3. The van der Waals surface area contributed by atoms with Gasteiger partial charge in [-0.15, -0.1) is 0 Å². The van der Waals surface area contributed by atoms with Crippen LogP contribution in [0.15, 0.2) is 60.8 Å². The molecule has 7 heteroatoms. The molecule has 4 rings (SSSR count). The Balaban J connectivity index is 1.38. The molecule has 142 valence electrons. The van der Waals surface area contributed by atoms with Gasteiger partial charge in [0.1, 0.15) is 11.6 Å². The van der Waals surface area contributed by atoms with Crippen molar-refractivity contribution in [2.75, 3.05) is 24.0 Å². The summed E-state index contributed by atoms with van der Waals surface area (Å²) in [6.45, 7) is 2.75. The van der Waals surface area contributed by atoms with Gasteiger partial charge >= 0.3 is 0 Å². The van der Waals surface area contributed by atoms with Crippen LogP contribution in [0.5, 0.6) is 17.2 Å². The minimum absolute atomic E-state index is 0.174. The van der Waals surface area contributed by atoms with Crippen molar-refractivity contribution in [2.24, 2.45) is 0 Å². The molecule has 0 unspecified atom stereocenters. The molecule has 2 N–H and O–H groups in total. The number of anilines is 3. The van der Waals surface area contributed by atoms with E-state index in [1.165, 1.54) is 0 Å². The average Bonchev–Trinajstić information content (AvgIpc) is 3.19. The lowest BCUT2D eigenvalue weighted by Gasteiger charge is -2.09. The van der Waals surface area contributed by atoms with E-state index in [1.807, 2.05) is 31.2 Å². The van der Waals surface area contributed by atoms with Crippen LogP contribution in [0.4, 0.5) is 17.2 Å². The third-order valence-corrected chi connectivity index (χ3v) is 4.09. The predicted molar refractivity (Wildman–Crippen MR) is 106 cm³/mol. The first-order valence-corrected chi connectivity index (χ1v) is 8.88. The number of carbonyl (C=O) groups is 1. The van der Waals surface area contributed by atoms with E-state index in [1.54, 1.807) is 36.5 Å². The number of fused-ring (bicyclic) bond motifs is 1. The number of nitrogens with zero attached hydrogens (tertiary/aromatic N) is 1. The number of carbonyl (C=O) groups excluding carboxylic acids is 1. The summed E-state index contributed by atoms with van der Waals surface area (Å²) in [4.78, 5) is 16.7. The Morgan fingerprint density at radius 1 is 1.04 bits per heavy atom. The van der Waals surface area contributed by atoms with E-state index < -0.39 is 0 Å². The zero-order valence-electron chi connectivity index (χ0n) is 15.3. The van der Waals surface area contributed by atoms with Gasteiger partial charge in [0.25, 0.3) is 5.91 Å². The van der Waals surface area contributed by atoms with Gasteiger partial charge in [0, 0.05) is 11.3 Å². The molecule has 3 aromatic rings. The van der Waals surface area contributed by atoms with Crippen LogP contribution >= 0.6 is 0 Å². The minimum Gasteiger partial charge on any atom is -0.494 e. The smallest absolute Gasteiger partial charge is 0.255 e. The normalized spacial score (nSPS) is 11.8. The second-order valence-electron chi connectivity index (χ2n) is 6.04. The number of benzene rings is 2. The highest BCUT2D eigenvalue weighted by Crippen LogP contribution is 2.32. The number of amides is 1. The fourth-order valence-corrected chi connectivity index (χ4v) is 2.73. The van der Waals surface area contributed by atoms with Gasteiger partial charge < -0.3 is 24.8 Å². The van der Waals surface area contributed by atoms with Crippen molar-refractivity contribution in [3.63, 3.8) is 0 Å². The van der Waals surface area contributed by atoms with Gasteiger partial charge in [-0.25, -0.2) is 4.98 Å². The number of rotatable bonds is 6. The van der Waals surface area contributed by atoms with Gasteiger partial charge in [-0.3, -0.25) is 4.79 Å². The van der Waals surface area contributed by atoms with Gasteiger partial charge in [0.05, 0.1) is 18.5 Å². The third kappa shape index (κ3) is 3.98. The van der Waals surface area contributed by atoms with Crippen LogP contribution < -0.4 is 24.8 Å². The number of aromatic nitrogens is 1. The first kappa shape index (κ1) is 17.7. The Morgan fingerprint density at radius 3 is 2.57 bits per heavy atom. The van der Waals surface area contributed by atoms with Crippen molar-refractivity contribution in [3.8, 4) is 17.2 Å². The largest absolute Gasteiger partial charge is 0.494 e. The second-order valence-corrected chi connectivity index (χ2v) is 6.04. The summed E-state index contributed by atoms with van der Waals surface area (Å²) in [5, 5.41) is 6.02. The standard InChI is InChI=1S/C21H19N3O4/c1-2-26-17-7-4-15(5-8-17)23-20-10-6-16(12-22-20)24-21(25)14-3-9-18-19(11-14)28-13-27-18/h3-12H,2,13H2,1H3,(H,22,23)(H,24,25). The molecule has 2 heterocycles. The predicted octanol–water partition coefficient (Wildman–Crippen LogP) is 4.20. The number of pyridine rings is 1. The van der Waals surface area contributed by atoms with E-state index >= 15 is 0 Å². The molecule has 7 nitrogen and oxygen atoms in total. The summed E-state index contributed by atoms with van der Waals surface area (Å²) in [6.07, 6.45) is 1.60. The highest BCUT2D eigenvalue weighted by atomic mass is 16.7. The Morgan fingerprint density at radius 2 is 1.82 bits per heavy atom. The van der Waals surface area contributed by atoms with Crippen molar-refractivity contribution >= 4 is 23.1 Å². The SMILES string of the molecule is CCOc1ccc(Nc2ccc(NC(=O)c3ccc4c(c3)OCO4)cn2)cc1. The quantitative estimate of drug-likeness (QED) is 0.670. The highest BCUT2D eigenvalue weighted by molar-refractivity contribution is 6.04. The van der Waals surface area contributed by atoms with Crippen LogP contribution in [0.25, 0.3) is 0 Å². The topological polar surface area (TPSA) is 81.7 Å². The summed E-state index contributed by atoms with van der Waals surface area (Å²) in [5.41, 5.74) is 1.98. The number of ether oxygens (including phenoxy) is 3. The molecule has 28 heavy (non-hydrogen) atoms. The first-order valence-electron chi connectivity index (χ1n) is 8.88. The van der Waals surface area contributed by atoms with Crippen molar-refractivity contribution in [3.05, 3.63) is 66.4 Å². The lowest BCUT2D eigenvalue weighted by Crippen LogP contribution is -2.12. The molecule has 0 saturated carbocycles. The van der Waals surface area contributed by atoms with Gasteiger partial charge in [0.15, 0.2) is 11.5 Å². The van der Waals surface area contributed by atoms with Gasteiger partial charge in [-0.1, -0.05) is 0 Å². The zero-order valence-corrected chi connectivity index (χ0v) is 15.3. The molecule has 0 aliphatic carbocycles. The summed E-state index contributed by atoms with van der Waals surface area (Å²) in [5.74, 6) is 2.46. The van der Waals surface area contributed by atoms with Crippen LogP contribution in [-0.4, -0.2) is 24.3 Å². The molecule has 1 amide bonds. The number of nitrogens with one attached hydrogen (secondary N) is 2. The van der Waals surface area contributed by atoms with Crippen LogP contribution in [-0.2, 0) is 0 Å². The van der Waals surface area contributed by atoms with Gasteiger partial charge in [-0.05, 0) is 61.5 Å². The summed E-state index contributed by atoms with van der Waals surface area (Å²) < 4.78 is 16.0. The second kappa shape index (κ2) is 7.87. The maximum atomic E-state index is 12.4. The van der Waals surface area contributed by atoms with Crippen LogP contribution in [0, 0.1) is 0 Å². The maximum absolute atomic E-state index is 12.4. The molecule has 1 aromatic heterocycles. The average molecular weight is 377 g/mol. The van der Waals surface area contributed by atoms with E-state index in [-0.39, 0.29) is 12.7 Å². The molecular weight excluding hydrogens is 358 g/mol. The lowest BCUT2D eigenvalue weighted by molar-refractivity contribution is 0.102. The molecule has 0 spiro atoms. The van der Waals surface area contributed by atoms with E-state index in [9.17, 15) is 4.79 Å². The van der Waals surface area contributed by atoms with Crippen LogP contribution in [0.2, 0.25) is 0 Å². The molecular formula is C21H19N3O4. The van der Waals surface area contributed by atoms with E-state index in [4.69, 9.17) is 14.2 Å². The van der Waals surface area contributed by atoms with Crippen LogP contribution in [0.1, 0.15) is 17.3 Å². The Labute approximate surface area is 162 Å². The number of hydrogen-bond acceptors (Lipinski definition) is 6. The minimum atomic E-state index is -0.243. The highest BCUT2D eigenvalue weighted by Gasteiger charge is 2.16. The molecule has 0 radical (unpaired) electrons. The third-order valence-electron chi connectivity index (χ3n) is 4.09. The van der Waals surface area contributed by atoms with Crippen molar-refractivity contribution < 1.29 is 19.0 Å².